The second-order valence-corrected chi connectivity index (χ2v) is 6.29. The number of hydrogen-bond acceptors (Lipinski definition) is 4. The maximum atomic E-state index is 5.93. The Bertz CT molecular complexity index is 542. The van der Waals surface area contributed by atoms with Gasteiger partial charge in [0.2, 0.25) is 0 Å². The van der Waals surface area contributed by atoms with E-state index in [0.717, 1.165) is 43.5 Å². The Labute approximate surface area is 144 Å². The van der Waals surface area contributed by atoms with Gasteiger partial charge in [-0.3, -0.25) is 4.99 Å². The van der Waals surface area contributed by atoms with Gasteiger partial charge in [-0.05, 0) is 38.8 Å². The van der Waals surface area contributed by atoms with Crippen molar-refractivity contribution in [2.75, 3.05) is 33.9 Å². The zero-order valence-corrected chi connectivity index (χ0v) is 15.1. The normalized spacial score (nSPS) is 22.1. The number of nitrogens with one attached hydrogen (secondary N) is 2. The maximum Gasteiger partial charge on any atom is 0.191 e. The fourth-order valence-electron chi connectivity index (χ4n) is 2.68. The number of para-hydroxylation sites is 2. The van der Waals surface area contributed by atoms with E-state index in [4.69, 9.17) is 14.2 Å². The zero-order chi connectivity index (χ0) is 17.4. The van der Waals surface area contributed by atoms with Crippen molar-refractivity contribution in [2.45, 2.75) is 38.4 Å². The van der Waals surface area contributed by atoms with Gasteiger partial charge in [-0.25, -0.2) is 0 Å². The van der Waals surface area contributed by atoms with E-state index in [1.807, 2.05) is 31.2 Å². The van der Waals surface area contributed by atoms with Gasteiger partial charge in [0, 0.05) is 20.2 Å². The fourth-order valence-corrected chi connectivity index (χ4v) is 2.68. The molecule has 0 amide bonds. The summed E-state index contributed by atoms with van der Waals surface area (Å²) < 4.78 is 17.0. The summed E-state index contributed by atoms with van der Waals surface area (Å²) in [5.74, 6) is 2.23. The van der Waals surface area contributed by atoms with Crippen molar-refractivity contribution >= 4 is 5.96 Å². The molecule has 1 aliphatic heterocycles. The number of hydrogen-bond donors (Lipinski definition) is 2. The number of aliphatic imine (C=N–C) groups is 1. The summed E-state index contributed by atoms with van der Waals surface area (Å²) >= 11 is 0. The largest absolute Gasteiger partial charge is 0.493 e. The van der Waals surface area contributed by atoms with Crippen LogP contribution < -0.4 is 20.1 Å². The predicted molar refractivity (Wildman–Crippen MR) is 96.0 cm³/mol. The minimum absolute atomic E-state index is 0.0295. The lowest BCUT2D eigenvalue weighted by Gasteiger charge is -2.25. The molecule has 1 saturated heterocycles. The molecule has 2 rings (SSSR count). The highest BCUT2D eigenvalue weighted by Gasteiger charge is 2.29. The molecule has 24 heavy (non-hydrogen) atoms. The van der Waals surface area contributed by atoms with Gasteiger partial charge in [0.15, 0.2) is 17.5 Å². The first kappa shape index (κ1) is 18.4. The average molecular weight is 335 g/mol. The van der Waals surface area contributed by atoms with Gasteiger partial charge in [-0.1, -0.05) is 12.1 Å². The van der Waals surface area contributed by atoms with E-state index in [1.54, 1.807) is 14.2 Å². The highest BCUT2D eigenvalue weighted by atomic mass is 16.5. The van der Waals surface area contributed by atoms with Gasteiger partial charge >= 0.3 is 0 Å². The van der Waals surface area contributed by atoms with E-state index in [9.17, 15) is 0 Å². The smallest absolute Gasteiger partial charge is 0.191 e. The first-order valence-electron chi connectivity index (χ1n) is 8.44. The highest BCUT2D eigenvalue weighted by molar-refractivity contribution is 5.79. The molecule has 1 aromatic carbocycles. The number of methoxy groups -OCH3 is 1. The Morgan fingerprint density at radius 3 is 2.71 bits per heavy atom. The van der Waals surface area contributed by atoms with Gasteiger partial charge in [-0.15, -0.1) is 0 Å². The van der Waals surface area contributed by atoms with Crippen molar-refractivity contribution in [1.29, 1.82) is 0 Å². The molecule has 0 spiro atoms. The van der Waals surface area contributed by atoms with Crippen LogP contribution in [0.1, 0.15) is 26.7 Å². The molecule has 1 fully saturated rings. The summed E-state index contributed by atoms with van der Waals surface area (Å²) in [6.45, 7) is 6.36. The summed E-state index contributed by atoms with van der Waals surface area (Å²) in [7, 11) is 3.40. The van der Waals surface area contributed by atoms with Crippen LogP contribution in [0.3, 0.4) is 0 Å². The molecule has 0 radical (unpaired) electrons. The Hall–Kier alpha value is -1.95. The van der Waals surface area contributed by atoms with Crippen molar-refractivity contribution in [2.24, 2.45) is 4.99 Å². The average Bonchev–Trinajstić information content (AvgIpc) is 3.02. The molecule has 134 valence electrons. The van der Waals surface area contributed by atoms with Crippen LogP contribution in [0.4, 0.5) is 0 Å². The molecule has 2 N–H and O–H groups in total. The zero-order valence-electron chi connectivity index (χ0n) is 15.1. The Morgan fingerprint density at radius 2 is 2.08 bits per heavy atom. The van der Waals surface area contributed by atoms with E-state index in [2.05, 4.69) is 22.5 Å². The third-order valence-corrected chi connectivity index (χ3v) is 4.11. The van der Waals surface area contributed by atoms with Gasteiger partial charge in [0.05, 0.1) is 19.3 Å². The fraction of sp³-hybridized carbons (Fsp3) is 0.611. The van der Waals surface area contributed by atoms with Crippen molar-refractivity contribution in [3.63, 3.8) is 0 Å². The van der Waals surface area contributed by atoms with Gasteiger partial charge in [-0.2, -0.15) is 0 Å². The minimum atomic E-state index is -0.100. The van der Waals surface area contributed by atoms with E-state index < -0.39 is 0 Å². The standard InChI is InChI=1S/C18H29N3O3/c1-14(24-16-9-6-5-8-15(16)22-4)12-20-17(19-3)21-13-18(2)10-7-11-23-18/h5-6,8-9,14H,7,10-13H2,1-4H3,(H2,19,20,21). The number of rotatable bonds is 7. The van der Waals surface area contributed by atoms with Gasteiger partial charge in [0.1, 0.15) is 6.10 Å². The monoisotopic (exact) mass is 335 g/mol. The molecule has 0 aromatic heterocycles. The Balaban J connectivity index is 1.78. The van der Waals surface area contributed by atoms with Crippen molar-refractivity contribution in [1.82, 2.24) is 10.6 Å². The summed E-state index contributed by atoms with van der Waals surface area (Å²) in [4.78, 5) is 4.25. The SMILES string of the molecule is CN=C(NCC(C)Oc1ccccc1OC)NCC1(C)CCCO1. The molecule has 0 saturated carbocycles. The lowest BCUT2D eigenvalue weighted by atomic mass is 10.0. The second kappa shape index (κ2) is 8.78. The summed E-state index contributed by atoms with van der Waals surface area (Å²) in [5.41, 5.74) is -0.100. The third-order valence-electron chi connectivity index (χ3n) is 4.11. The second-order valence-electron chi connectivity index (χ2n) is 6.29. The number of nitrogens with zero attached hydrogens (tertiary/aromatic N) is 1. The maximum absolute atomic E-state index is 5.93. The lowest BCUT2D eigenvalue weighted by Crippen LogP contribution is -2.47. The molecular formula is C18H29N3O3. The Morgan fingerprint density at radius 1 is 1.33 bits per heavy atom. The van der Waals surface area contributed by atoms with Crippen LogP contribution in [0.25, 0.3) is 0 Å². The van der Waals surface area contributed by atoms with Crippen LogP contribution in [0, 0.1) is 0 Å². The third kappa shape index (κ3) is 5.30. The molecular weight excluding hydrogens is 306 g/mol. The number of benzene rings is 1. The van der Waals surface area contributed by atoms with Gasteiger partial charge in [0.25, 0.3) is 0 Å². The van der Waals surface area contributed by atoms with Crippen molar-refractivity contribution in [3.05, 3.63) is 24.3 Å². The molecule has 0 aliphatic carbocycles. The molecule has 6 heteroatoms. The molecule has 1 aliphatic rings. The predicted octanol–water partition coefficient (Wildman–Crippen LogP) is 2.20. The molecule has 6 nitrogen and oxygen atoms in total. The van der Waals surface area contributed by atoms with E-state index in [0.29, 0.717) is 6.54 Å². The van der Waals surface area contributed by atoms with Crippen LogP contribution in [0.15, 0.2) is 29.3 Å². The number of ether oxygens (including phenoxy) is 3. The molecule has 2 atom stereocenters. The molecule has 0 bridgehead atoms. The van der Waals surface area contributed by atoms with Crippen LogP contribution >= 0.6 is 0 Å². The lowest BCUT2D eigenvalue weighted by molar-refractivity contribution is 0.0242. The minimum Gasteiger partial charge on any atom is -0.493 e. The van der Waals surface area contributed by atoms with E-state index in [1.165, 1.54) is 0 Å². The summed E-state index contributed by atoms with van der Waals surface area (Å²) in [6.07, 6.45) is 2.16. The van der Waals surface area contributed by atoms with Crippen LogP contribution in [-0.4, -0.2) is 51.5 Å². The van der Waals surface area contributed by atoms with Gasteiger partial charge < -0.3 is 24.8 Å². The number of guanidine groups is 1. The first-order chi connectivity index (χ1) is 11.6. The summed E-state index contributed by atoms with van der Waals surface area (Å²) in [6, 6.07) is 7.64. The van der Waals surface area contributed by atoms with E-state index in [-0.39, 0.29) is 11.7 Å². The Kier molecular flexibility index (Phi) is 6.73. The quantitative estimate of drug-likeness (QED) is 0.591. The van der Waals surface area contributed by atoms with E-state index >= 15 is 0 Å². The highest BCUT2D eigenvalue weighted by Crippen LogP contribution is 2.26. The molecule has 2 unspecified atom stereocenters. The van der Waals surface area contributed by atoms with Crippen LogP contribution in [0.5, 0.6) is 11.5 Å². The molecule has 1 aromatic rings. The summed E-state index contributed by atoms with van der Waals surface area (Å²) in [5, 5.41) is 6.61. The van der Waals surface area contributed by atoms with Crippen molar-refractivity contribution < 1.29 is 14.2 Å². The van der Waals surface area contributed by atoms with Crippen LogP contribution in [0.2, 0.25) is 0 Å². The molecule has 1 heterocycles. The topological polar surface area (TPSA) is 64.1 Å². The first-order valence-corrected chi connectivity index (χ1v) is 8.44. The van der Waals surface area contributed by atoms with Crippen molar-refractivity contribution in [3.8, 4) is 11.5 Å². The van der Waals surface area contributed by atoms with Crippen LogP contribution in [-0.2, 0) is 4.74 Å².